The molecule has 0 bridgehead atoms. The number of rotatable bonds is 3. The molecule has 2 N–H and O–H groups in total. The maximum absolute atomic E-state index is 12.3. The van der Waals surface area contributed by atoms with E-state index in [1.807, 2.05) is 6.92 Å². The Morgan fingerprint density at radius 1 is 1.52 bits per heavy atom. The highest BCUT2D eigenvalue weighted by Crippen LogP contribution is 2.28. The fourth-order valence-corrected chi connectivity index (χ4v) is 2.46. The Kier molecular flexibility index (Phi) is 4.49. The van der Waals surface area contributed by atoms with Gasteiger partial charge in [-0.1, -0.05) is 0 Å². The van der Waals surface area contributed by atoms with Crippen LogP contribution in [-0.2, 0) is 6.42 Å². The molecule has 21 heavy (non-hydrogen) atoms. The number of carbonyl (C=O) groups excluding carboxylic acids is 1. The van der Waals surface area contributed by atoms with Gasteiger partial charge in [0.2, 0.25) is 0 Å². The largest absolute Gasteiger partial charge is 0.478 e. The third-order valence-electron chi connectivity index (χ3n) is 3.48. The molecule has 0 aliphatic carbocycles. The van der Waals surface area contributed by atoms with Crippen molar-refractivity contribution in [1.82, 2.24) is 5.32 Å². The number of hydrogen-bond donors (Lipinski definition) is 2. The predicted octanol–water partition coefficient (Wildman–Crippen LogP) is 2.26. The van der Waals surface area contributed by atoms with Crippen LogP contribution in [0.5, 0.6) is 0 Å². The lowest BCUT2D eigenvalue weighted by atomic mass is 9.99. The standard InChI is InChI=1S/C16H18N2O3/c1-3-5-11(2)17-16(21)18-9-4-6-12-10-13(15(19)20)7-8-14(12)18/h1,7-8,10-11H,4-6,9H2,2H3,(H,17,21)(H,19,20). The molecule has 0 saturated heterocycles. The minimum absolute atomic E-state index is 0.0915. The molecule has 1 aliphatic rings. The van der Waals surface area contributed by atoms with Gasteiger partial charge in [0.15, 0.2) is 0 Å². The summed E-state index contributed by atoms with van der Waals surface area (Å²) in [6, 6.07) is 4.58. The minimum Gasteiger partial charge on any atom is -0.478 e. The van der Waals surface area contributed by atoms with Crippen LogP contribution >= 0.6 is 0 Å². The minimum atomic E-state index is -0.956. The normalized spacial score (nSPS) is 14.8. The Morgan fingerprint density at radius 2 is 2.29 bits per heavy atom. The van der Waals surface area contributed by atoms with Gasteiger partial charge in [0, 0.05) is 24.7 Å². The van der Waals surface area contributed by atoms with Crippen LogP contribution in [0.3, 0.4) is 0 Å². The lowest BCUT2D eigenvalue weighted by Crippen LogP contribution is -2.46. The van der Waals surface area contributed by atoms with Crippen LogP contribution in [0, 0.1) is 12.3 Å². The van der Waals surface area contributed by atoms with Crippen LogP contribution in [0.4, 0.5) is 10.5 Å². The number of anilines is 1. The Hall–Kier alpha value is -2.48. The molecule has 2 amide bonds. The van der Waals surface area contributed by atoms with Gasteiger partial charge >= 0.3 is 12.0 Å². The van der Waals surface area contributed by atoms with Gasteiger partial charge in [-0.05, 0) is 43.5 Å². The summed E-state index contributed by atoms with van der Waals surface area (Å²) in [4.78, 5) is 25.0. The fourth-order valence-electron chi connectivity index (χ4n) is 2.46. The van der Waals surface area contributed by atoms with Gasteiger partial charge in [-0.25, -0.2) is 9.59 Å². The summed E-state index contributed by atoms with van der Waals surface area (Å²) < 4.78 is 0. The van der Waals surface area contributed by atoms with E-state index in [2.05, 4.69) is 11.2 Å². The second-order valence-electron chi connectivity index (χ2n) is 5.16. The zero-order valence-corrected chi connectivity index (χ0v) is 11.9. The molecule has 1 heterocycles. The molecular weight excluding hydrogens is 268 g/mol. The summed E-state index contributed by atoms with van der Waals surface area (Å²) in [5, 5.41) is 11.9. The summed E-state index contributed by atoms with van der Waals surface area (Å²) in [5.41, 5.74) is 1.91. The smallest absolute Gasteiger partial charge is 0.335 e. The first-order valence-electron chi connectivity index (χ1n) is 6.90. The van der Waals surface area contributed by atoms with Gasteiger partial charge < -0.3 is 10.4 Å². The van der Waals surface area contributed by atoms with Crippen LogP contribution < -0.4 is 10.2 Å². The number of nitrogens with one attached hydrogen (secondary N) is 1. The van der Waals surface area contributed by atoms with E-state index in [4.69, 9.17) is 11.5 Å². The average Bonchev–Trinajstić information content (AvgIpc) is 2.46. The van der Waals surface area contributed by atoms with E-state index >= 15 is 0 Å². The second-order valence-corrected chi connectivity index (χ2v) is 5.16. The van der Waals surface area contributed by atoms with Gasteiger partial charge in [-0.2, -0.15) is 0 Å². The number of aryl methyl sites for hydroxylation is 1. The van der Waals surface area contributed by atoms with Crippen molar-refractivity contribution in [3.8, 4) is 12.3 Å². The van der Waals surface area contributed by atoms with Crippen molar-refractivity contribution in [2.24, 2.45) is 0 Å². The van der Waals surface area contributed by atoms with Crippen molar-refractivity contribution in [2.45, 2.75) is 32.2 Å². The van der Waals surface area contributed by atoms with Gasteiger partial charge in [0.05, 0.1) is 5.56 Å². The maximum atomic E-state index is 12.3. The predicted molar refractivity (Wildman–Crippen MR) is 80.5 cm³/mol. The molecule has 1 aliphatic heterocycles. The lowest BCUT2D eigenvalue weighted by Gasteiger charge is -2.30. The van der Waals surface area contributed by atoms with E-state index in [0.29, 0.717) is 13.0 Å². The molecule has 0 saturated carbocycles. The number of fused-ring (bicyclic) bond motifs is 1. The first kappa shape index (κ1) is 14.9. The molecule has 0 spiro atoms. The van der Waals surface area contributed by atoms with Crippen molar-refractivity contribution >= 4 is 17.7 Å². The van der Waals surface area contributed by atoms with E-state index < -0.39 is 5.97 Å². The molecular formula is C16H18N2O3. The first-order valence-corrected chi connectivity index (χ1v) is 6.90. The van der Waals surface area contributed by atoms with Crippen molar-refractivity contribution in [3.05, 3.63) is 29.3 Å². The average molecular weight is 286 g/mol. The highest BCUT2D eigenvalue weighted by Gasteiger charge is 2.24. The van der Waals surface area contributed by atoms with Gasteiger partial charge in [0.1, 0.15) is 0 Å². The molecule has 110 valence electrons. The molecule has 5 nitrogen and oxygen atoms in total. The Morgan fingerprint density at radius 3 is 2.95 bits per heavy atom. The van der Waals surface area contributed by atoms with Crippen LogP contribution in [-0.4, -0.2) is 29.7 Å². The number of aromatic carboxylic acids is 1. The lowest BCUT2D eigenvalue weighted by molar-refractivity contribution is 0.0696. The number of urea groups is 1. The fraction of sp³-hybridized carbons (Fsp3) is 0.375. The van der Waals surface area contributed by atoms with Crippen molar-refractivity contribution in [3.63, 3.8) is 0 Å². The highest BCUT2D eigenvalue weighted by molar-refractivity contribution is 5.95. The van der Waals surface area contributed by atoms with Crippen molar-refractivity contribution in [1.29, 1.82) is 0 Å². The summed E-state index contributed by atoms with van der Waals surface area (Å²) in [6.45, 7) is 2.48. The van der Waals surface area contributed by atoms with Crippen LogP contribution in [0.2, 0.25) is 0 Å². The van der Waals surface area contributed by atoms with E-state index in [1.165, 1.54) is 6.07 Å². The highest BCUT2D eigenvalue weighted by atomic mass is 16.4. The van der Waals surface area contributed by atoms with E-state index in [0.717, 1.165) is 24.1 Å². The maximum Gasteiger partial charge on any atom is 0.335 e. The number of nitrogens with zero attached hydrogens (tertiary/aromatic N) is 1. The van der Waals surface area contributed by atoms with Crippen LogP contribution in [0.25, 0.3) is 0 Å². The summed E-state index contributed by atoms with van der Waals surface area (Å²) in [5.74, 6) is 1.56. The van der Waals surface area contributed by atoms with Gasteiger partial charge in [-0.15, -0.1) is 12.3 Å². The van der Waals surface area contributed by atoms with Crippen molar-refractivity contribution in [2.75, 3.05) is 11.4 Å². The van der Waals surface area contributed by atoms with Crippen LogP contribution in [0.15, 0.2) is 18.2 Å². The quantitative estimate of drug-likeness (QED) is 0.837. The van der Waals surface area contributed by atoms with E-state index in [9.17, 15) is 9.59 Å². The second kappa shape index (κ2) is 6.31. The molecule has 1 aromatic carbocycles. The summed E-state index contributed by atoms with van der Waals surface area (Å²) >= 11 is 0. The third kappa shape index (κ3) is 3.34. The number of carboxylic acids is 1. The number of carbonyl (C=O) groups is 2. The molecule has 1 atom stereocenters. The summed E-state index contributed by atoms with van der Waals surface area (Å²) in [6.07, 6.45) is 7.30. The molecule has 2 rings (SSSR count). The zero-order chi connectivity index (χ0) is 15.4. The number of benzene rings is 1. The molecule has 0 aromatic heterocycles. The molecule has 1 aromatic rings. The Labute approximate surface area is 124 Å². The topological polar surface area (TPSA) is 69.6 Å². The first-order chi connectivity index (χ1) is 10.0. The van der Waals surface area contributed by atoms with Gasteiger partial charge in [0.25, 0.3) is 0 Å². The monoisotopic (exact) mass is 286 g/mol. The van der Waals surface area contributed by atoms with Crippen molar-refractivity contribution < 1.29 is 14.7 Å². The molecule has 1 unspecified atom stereocenters. The molecule has 0 fully saturated rings. The van der Waals surface area contributed by atoms with Crippen LogP contribution in [0.1, 0.15) is 35.7 Å². The molecule has 0 radical (unpaired) electrons. The Bertz CT molecular complexity index is 604. The number of carboxylic acid groups (broad SMARTS) is 1. The third-order valence-corrected chi connectivity index (χ3v) is 3.48. The zero-order valence-electron chi connectivity index (χ0n) is 11.9. The SMILES string of the molecule is C#CCC(C)NC(=O)N1CCCc2cc(C(=O)O)ccc21. The number of terminal acetylenes is 1. The number of hydrogen-bond acceptors (Lipinski definition) is 2. The van der Waals surface area contributed by atoms with E-state index in [1.54, 1.807) is 17.0 Å². The van der Waals surface area contributed by atoms with E-state index in [-0.39, 0.29) is 17.6 Å². The summed E-state index contributed by atoms with van der Waals surface area (Å²) in [7, 11) is 0. The Balaban J connectivity index is 2.20. The number of amides is 2. The molecule has 5 heteroatoms. The van der Waals surface area contributed by atoms with Gasteiger partial charge in [-0.3, -0.25) is 4.90 Å².